The zero-order valence-electron chi connectivity index (χ0n) is 7.96. The molecule has 4 heteroatoms. The van der Waals surface area contributed by atoms with Crippen LogP contribution in [0, 0.1) is 0 Å². The molecular formula is C9H13ClO3. The molecule has 1 atom stereocenters. The number of carbonyl (C=O) groups is 1. The van der Waals surface area contributed by atoms with Crippen molar-refractivity contribution in [3.05, 3.63) is 10.6 Å². The number of rotatable bonds is 3. The molecule has 1 rings (SSSR count). The molecule has 1 unspecified atom stereocenters. The van der Waals surface area contributed by atoms with E-state index in [9.17, 15) is 4.79 Å². The average Bonchev–Trinajstić information content (AvgIpc) is 2.80. The summed E-state index contributed by atoms with van der Waals surface area (Å²) in [6, 6.07) is 0. The van der Waals surface area contributed by atoms with Gasteiger partial charge in [-0.15, -0.1) is 0 Å². The third kappa shape index (κ3) is 2.71. The van der Waals surface area contributed by atoms with E-state index < -0.39 is 5.97 Å². The first-order chi connectivity index (χ1) is 6.06. The molecule has 3 nitrogen and oxygen atoms in total. The van der Waals surface area contributed by atoms with E-state index >= 15 is 0 Å². The van der Waals surface area contributed by atoms with Gasteiger partial charge in [0, 0.05) is 6.42 Å². The lowest BCUT2D eigenvalue weighted by Gasteiger charge is -2.03. The number of hydrogen-bond donors (Lipinski definition) is 0. The second kappa shape index (κ2) is 4.11. The second-order valence-electron chi connectivity index (χ2n) is 3.21. The smallest absolute Gasteiger partial charge is 0.349 e. The third-order valence-corrected chi connectivity index (χ3v) is 2.11. The summed E-state index contributed by atoms with van der Waals surface area (Å²) in [7, 11) is 1.31. The van der Waals surface area contributed by atoms with Gasteiger partial charge in [-0.25, -0.2) is 4.79 Å². The van der Waals surface area contributed by atoms with Crippen molar-refractivity contribution in [3.8, 4) is 0 Å². The summed E-state index contributed by atoms with van der Waals surface area (Å²) < 4.78 is 9.92. The van der Waals surface area contributed by atoms with Crippen molar-refractivity contribution in [2.24, 2.45) is 0 Å². The van der Waals surface area contributed by atoms with Crippen LogP contribution in [0.2, 0.25) is 0 Å². The first kappa shape index (κ1) is 10.5. The van der Waals surface area contributed by atoms with Gasteiger partial charge < -0.3 is 9.47 Å². The summed E-state index contributed by atoms with van der Waals surface area (Å²) in [5.41, 5.74) is 0.849. The highest BCUT2D eigenvalue weighted by Gasteiger charge is 2.36. The minimum atomic E-state index is -0.480. The van der Waals surface area contributed by atoms with E-state index in [1.54, 1.807) is 0 Å². The number of methoxy groups -OCH3 is 1. The number of carbonyl (C=O) groups excluding carboxylic acids is 1. The fraction of sp³-hybridized carbons (Fsp3) is 0.667. The molecule has 13 heavy (non-hydrogen) atoms. The van der Waals surface area contributed by atoms with Gasteiger partial charge >= 0.3 is 5.97 Å². The van der Waals surface area contributed by atoms with Gasteiger partial charge in [-0.05, 0) is 19.4 Å². The van der Waals surface area contributed by atoms with Crippen LogP contribution in [0.3, 0.4) is 0 Å². The van der Waals surface area contributed by atoms with E-state index in [-0.39, 0.29) is 17.2 Å². The van der Waals surface area contributed by atoms with Crippen LogP contribution < -0.4 is 0 Å². The highest BCUT2D eigenvalue weighted by molar-refractivity contribution is 6.42. The van der Waals surface area contributed by atoms with Crippen molar-refractivity contribution in [1.29, 1.82) is 0 Å². The van der Waals surface area contributed by atoms with Crippen LogP contribution in [-0.4, -0.2) is 25.3 Å². The Hall–Kier alpha value is -0.540. The van der Waals surface area contributed by atoms with Gasteiger partial charge in [0.15, 0.2) is 0 Å². The summed E-state index contributed by atoms with van der Waals surface area (Å²) in [6.07, 6.45) is 0.919. The molecule has 0 aliphatic heterocycles. The first-order valence-corrected chi connectivity index (χ1v) is 4.56. The number of ether oxygens (including phenoxy) is 2. The van der Waals surface area contributed by atoms with Gasteiger partial charge in [0.05, 0.1) is 19.3 Å². The van der Waals surface area contributed by atoms with Gasteiger partial charge in [0.25, 0.3) is 0 Å². The Kier molecular flexibility index (Phi) is 3.33. The fourth-order valence-electron chi connectivity index (χ4n) is 1.05. The van der Waals surface area contributed by atoms with Gasteiger partial charge in [-0.3, -0.25) is 0 Å². The summed E-state index contributed by atoms with van der Waals surface area (Å²) >= 11 is 5.73. The summed E-state index contributed by atoms with van der Waals surface area (Å²) in [5.74, 6) is -0.480. The highest BCUT2D eigenvalue weighted by Crippen LogP contribution is 2.38. The van der Waals surface area contributed by atoms with Crippen molar-refractivity contribution in [2.45, 2.75) is 32.5 Å². The zero-order valence-corrected chi connectivity index (χ0v) is 8.72. The van der Waals surface area contributed by atoms with Gasteiger partial charge in [0.2, 0.25) is 0 Å². The second-order valence-corrected chi connectivity index (χ2v) is 3.59. The standard InChI is InChI=1S/C9H13ClO3/c1-5(2)13-7-4-6(7)8(10)9(11)12-3/h5,7H,4H2,1-3H3/b8-6+. The van der Waals surface area contributed by atoms with Crippen LogP contribution in [0.15, 0.2) is 10.6 Å². The molecule has 1 aliphatic rings. The molecule has 0 aromatic rings. The van der Waals surface area contributed by atoms with E-state index in [1.165, 1.54) is 7.11 Å². The lowest BCUT2D eigenvalue weighted by molar-refractivity contribution is -0.135. The molecular weight excluding hydrogens is 192 g/mol. The molecule has 74 valence electrons. The predicted molar refractivity (Wildman–Crippen MR) is 49.5 cm³/mol. The van der Waals surface area contributed by atoms with Gasteiger partial charge in [-0.1, -0.05) is 11.6 Å². The Labute approximate surface area is 82.7 Å². The summed E-state index contributed by atoms with van der Waals surface area (Å²) in [6.45, 7) is 3.89. The molecule has 0 N–H and O–H groups in total. The van der Waals surface area contributed by atoms with Crippen LogP contribution in [-0.2, 0) is 14.3 Å². The van der Waals surface area contributed by atoms with E-state index in [2.05, 4.69) is 4.74 Å². The monoisotopic (exact) mass is 204 g/mol. The SMILES string of the molecule is COC(=O)/C(Cl)=C1/CC1OC(C)C. The Bertz CT molecular complexity index is 245. The first-order valence-electron chi connectivity index (χ1n) is 4.18. The van der Waals surface area contributed by atoms with Crippen LogP contribution in [0.25, 0.3) is 0 Å². The molecule has 1 saturated carbocycles. The van der Waals surface area contributed by atoms with Crippen LogP contribution in [0.4, 0.5) is 0 Å². The van der Waals surface area contributed by atoms with E-state index in [0.717, 1.165) is 12.0 Å². The molecule has 1 aliphatic carbocycles. The summed E-state index contributed by atoms with van der Waals surface area (Å²) in [4.78, 5) is 11.0. The maximum atomic E-state index is 11.0. The quantitative estimate of drug-likeness (QED) is 0.520. The molecule has 0 radical (unpaired) electrons. The average molecular weight is 205 g/mol. The molecule has 0 saturated heterocycles. The normalized spacial score (nSPS) is 24.5. The van der Waals surface area contributed by atoms with Crippen molar-refractivity contribution < 1.29 is 14.3 Å². The van der Waals surface area contributed by atoms with Gasteiger partial charge in [0.1, 0.15) is 5.03 Å². The molecule has 0 heterocycles. The van der Waals surface area contributed by atoms with Crippen LogP contribution in [0.1, 0.15) is 20.3 Å². The molecule has 0 amide bonds. The fourth-order valence-corrected chi connectivity index (χ4v) is 1.33. The maximum absolute atomic E-state index is 11.0. The van der Waals surface area contributed by atoms with Crippen LogP contribution in [0.5, 0.6) is 0 Å². The largest absolute Gasteiger partial charge is 0.465 e. The van der Waals surface area contributed by atoms with E-state index in [1.807, 2.05) is 13.8 Å². The Morgan fingerprint density at radius 2 is 2.23 bits per heavy atom. The van der Waals surface area contributed by atoms with E-state index in [4.69, 9.17) is 16.3 Å². The lowest BCUT2D eigenvalue weighted by Crippen LogP contribution is -2.05. The Morgan fingerprint density at radius 3 is 2.69 bits per heavy atom. The van der Waals surface area contributed by atoms with Crippen molar-refractivity contribution in [2.75, 3.05) is 7.11 Å². The van der Waals surface area contributed by atoms with Crippen molar-refractivity contribution in [1.82, 2.24) is 0 Å². The molecule has 0 aromatic carbocycles. The Balaban J connectivity index is 2.52. The molecule has 0 spiro atoms. The van der Waals surface area contributed by atoms with E-state index in [0.29, 0.717) is 0 Å². The number of esters is 1. The minimum absolute atomic E-state index is 0.0200. The highest BCUT2D eigenvalue weighted by atomic mass is 35.5. The van der Waals surface area contributed by atoms with Crippen molar-refractivity contribution >= 4 is 17.6 Å². The molecule has 1 fully saturated rings. The number of halogens is 1. The summed E-state index contributed by atoms with van der Waals surface area (Å²) in [5, 5.41) is 0.174. The van der Waals surface area contributed by atoms with Gasteiger partial charge in [-0.2, -0.15) is 0 Å². The maximum Gasteiger partial charge on any atom is 0.349 e. The number of hydrogen-bond acceptors (Lipinski definition) is 3. The third-order valence-electron chi connectivity index (χ3n) is 1.72. The minimum Gasteiger partial charge on any atom is -0.465 e. The Morgan fingerprint density at radius 1 is 1.62 bits per heavy atom. The lowest BCUT2D eigenvalue weighted by atomic mass is 10.4. The predicted octanol–water partition coefficient (Wildman–Crippen LogP) is 1.85. The topological polar surface area (TPSA) is 35.5 Å². The zero-order chi connectivity index (χ0) is 10.0. The van der Waals surface area contributed by atoms with Crippen LogP contribution >= 0.6 is 11.6 Å². The molecule has 0 aromatic heterocycles. The van der Waals surface area contributed by atoms with Crippen molar-refractivity contribution in [3.63, 3.8) is 0 Å². The molecule has 0 bridgehead atoms.